The van der Waals surface area contributed by atoms with Crippen LogP contribution in [0.1, 0.15) is 26.3 Å². The lowest BCUT2D eigenvalue weighted by atomic mass is 10.2. The van der Waals surface area contributed by atoms with Crippen molar-refractivity contribution in [2.75, 3.05) is 12.3 Å². The number of benzene rings is 1. The van der Waals surface area contributed by atoms with Gasteiger partial charge in [0.05, 0.1) is 0 Å². The molecule has 1 aromatic rings. The quantitative estimate of drug-likeness (QED) is 0.767. The number of halogens is 1. The predicted octanol–water partition coefficient (Wildman–Crippen LogP) is 4.20. The van der Waals surface area contributed by atoms with Crippen molar-refractivity contribution in [3.63, 3.8) is 0 Å². The number of hydrogen-bond acceptors (Lipinski definition) is 2. The molecule has 0 aromatic heterocycles. The number of nitrogens with one attached hydrogen (secondary N) is 1. The van der Waals surface area contributed by atoms with Gasteiger partial charge in [-0.2, -0.15) is 0 Å². The van der Waals surface area contributed by atoms with E-state index in [9.17, 15) is 0 Å². The molecule has 0 bridgehead atoms. The van der Waals surface area contributed by atoms with E-state index in [0.717, 1.165) is 23.9 Å². The second-order valence-electron chi connectivity index (χ2n) is 4.21. The number of thioether (sulfide) groups is 1. The van der Waals surface area contributed by atoms with Gasteiger partial charge in [0.25, 0.3) is 0 Å². The molecule has 0 radical (unpaired) electrons. The van der Waals surface area contributed by atoms with Crippen LogP contribution in [0.4, 0.5) is 0 Å². The monoisotopic (exact) mass is 257 g/mol. The SMILES string of the molecule is CCSc1ccc(CNCC(C)C)c(Cl)c1. The minimum Gasteiger partial charge on any atom is -0.312 e. The standard InChI is InChI=1S/C13H20ClNS/c1-4-16-12-6-5-11(13(14)7-12)9-15-8-10(2)3/h5-7,10,15H,4,8-9H2,1-3H3. The predicted molar refractivity (Wildman–Crippen MR) is 74.4 cm³/mol. The Kier molecular flexibility index (Phi) is 6.25. The van der Waals surface area contributed by atoms with Gasteiger partial charge in [-0.25, -0.2) is 0 Å². The minimum absolute atomic E-state index is 0.675. The van der Waals surface area contributed by atoms with Gasteiger partial charge in [-0.15, -0.1) is 11.8 Å². The molecule has 0 heterocycles. The largest absolute Gasteiger partial charge is 0.312 e. The zero-order valence-corrected chi connectivity index (χ0v) is 11.8. The minimum atomic E-state index is 0.675. The first-order valence-corrected chi connectivity index (χ1v) is 7.11. The Morgan fingerprint density at radius 1 is 1.38 bits per heavy atom. The summed E-state index contributed by atoms with van der Waals surface area (Å²) in [6.07, 6.45) is 0. The average molecular weight is 258 g/mol. The van der Waals surface area contributed by atoms with E-state index in [1.54, 1.807) is 0 Å². The lowest BCUT2D eigenvalue weighted by Gasteiger charge is -2.09. The third-order valence-corrected chi connectivity index (χ3v) is 3.43. The van der Waals surface area contributed by atoms with Crippen LogP contribution < -0.4 is 5.32 Å². The van der Waals surface area contributed by atoms with Crippen LogP contribution in [-0.4, -0.2) is 12.3 Å². The van der Waals surface area contributed by atoms with Crippen LogP contribution in [0.15, 0.2) is 23.1 Å². The molecule has 1 nitrogen and oxygen atoms in total. The molecule has 16 heavy (non-hydrogen) atoms. The molecule has 3 heteroatoms. The van der Waals surface area contributed by atoms with Crippen molar-refractivity contribution in [2.45, 2.75) is 32.2 Å². The van der Waals surface area contributed by atoms with Crippen LogP contribution in [0.2, 0.25) is 5.02 Å². The highest BCUT2D eigenvalue weighted by Crippen LogP contribution is 2.24. The maximum Gasteiger partial charge on any atom is 0.0462 e. The number of rotatable bonds is 6. The molecule has 0 aliphatic carbocycles. The molecule has 0 saturated heterocycles. The Labute approximate surface area is 108 Å². The van der Waals surface area contributed by atoms with E-state index < -0.39 is 0 Å². The van der Waals surface area contributed by atoms with Gasteiger partial charge in [-0.1, -0.05) is 38.4 Å². The highest BCUT2D eigenvalue weighted by atomic mass is 35.5. The van der Waals surface area contributed by atoms with Gasteiger partial charge in [0, 0.05) is 16.5 Å². The summed E-state index contributed by atoms with van der Waals surface area (Å²) in [5, 5.41) is 4.27. The van der Waals surface area contributed by atoms with E-state index in [2.05, 4.69) is 44.3 Å². The van der Waals surface area contributed by atoms with Gasteiger partial charge in [0.1, 0.15) is 0 Å². The summed E-state index contributed by atoms with van der Waals surface area (Å²) in [7, 11) is 0. The van der Waals surface area contributed by atoms with E-state index >= 15 is 0 Å². The van der Waals surface area contributed by atoms with Crippen LogP contribution in [0.5, 0.6) is 0 Å². The molecule has 0 spiro atoms. The second-order valence-corrected chi connectivity index (χ2v) is 5.96. The van der Waals surface area contributed by atoms with Crippen molar-refractivity contribution < 1.29 is 0 Å². The van der Waals surface area contributed by atoms with Crippen molar-refractivity contribution in [3.05, 3.63) is 28.8 Å². The topological polar surface area (TPSA) is 12.0 Å². The molecule has 0 unspecified atom stereocenters. The third kappa shape index (κ3) is 4.77. The molecule has 0 atom stereocenters. The fourth-order valence-electron chi connectivity index (χ4n) is 1.42. The molecule has 0 aliphatic rings. The summed E-state index contributed by atoms with van der Waals surface area (Å²) in [5.41, 5.74) is 1.18. The zero-order valence-electron chi connectivity index (χ0n) is 10.2. The van der Waals surface area contributed by atoms with Crippen molar-refractivity contribution in [3.8, 4) is 0 Å². The summed E-state index contributed by atoms with van der Waals surface area (Å²) >= 11 is 8.05. The summed E-state index contributed by atoms with van der Waals surface area (Å²) in [6.45, 7) is 8.44. The van der Waals surface area contributed by atoms with Gasteiger partial charge in [-0.05, 0) is 35.9 Å². The summed E-state index contributed by atoms with van der Waals surface area (Å²) in [4.78, 5) is 1.25. The van der Waals surface area contributed by atoms with Crippen LogP contribution >= 0.6 is 23.4 Å². The molecule has 1 aromatic carbocycles. The highest BCUT2D eigenvalue weighted by molar-refractivity contribution is 7.99. The molecular formula is C13H20ClNS. The van der Waals surface area contributed by atoms with Crippen LogP contribution in [0.3, 0.4) is 0 Å². The summed E-state index contributed by atoms with van der Waals surface area (Å²) < 4.78 is 0. The molecule has 1 N–H and O–H groups in total. The summed E-state index contributed by atoms with van der Waals surface area (Å²) in [5.74, 6) is 1.76. The van der Waals surface area contributed by atoms with Crippen LogP contribution in [-0.2, 0) is 6.54 Å². The van der Waals surface area contributed by atoms with Gasteiger partial charge in [0.2, 0.25) is 0 Å². The maximum atomic E-state index is 6.23. The van der Waals surface area contributed by atoms with Crippen molar-refractivity contribution in [1.82, 2.24) is 5.32 Å². The fourth-order valence-corrected chi connectivity index (χ4v) is 2.43. The third-order valence-electron chi connectivity index (χ3n) is 2.20. The van der Waals surface area contributed by atoms with Crippen molar-refractivity contribution in [2.24, 2.45) is 5.92 Å². The molecule has 0 amide bonds. The van der Waals surface area contributed by atoms with Crippen LogP contribution in [0.25, 0.3) is 0 Å². The smallest absolute Gasteiger partial charge is 0.0462 e. The average Bonchev–Trinajstić information content (AvgIpc) is 2.21. The van der Waals surface area contributed by atoms with Gasteiger partial charge in [-0.3, -0.25) is 0 Å². The van der Waals surface area contributed by atoms with Crippen molar-refractivity contribution >= 4 is 23.4 Å². The van der Waals surface area contributed by atoms with E-state index in [1.807, 2.05) is 11.8 Å². The van der Waals surface area contributed by atoms with E-state index in [0.29, 0.717) is 5.92 Å². The first-order valence-electron chi connectivity index (χ1n) is 5.75. The molecule has 0 fully saturated rings. The molecular weight excluding hydrogens is 238 g/mol. The Morgan fingerprint density at radius 2 is 2.12 bits per heavy atom. The Balaban J connectivity index is 2.54. The van der Waals surface area contributed by atoms with Crippen molar-refractivity contribution in [1.29, 1.82) is 0 Å². The molecule has 1 rings (SSSR count). The maximum absolute atomic E-state index is 6.23. The Bertz CT molecular complexity index is 326. The first kappa shape index (κ1) is 13.9. The first-order chi connectivity index (χ1) is 7.63. The van der Waals surface area contributed by atoms with E-state index in [1.165, 1.54) is 10.5 Å². The van der Waals surface area contributed by atoms with Gasteiger partial charge in [0.15, 0.2) is 0 Å². The van der Waals surface area contributed by atoms with E-state index in [-0.39, 0.29) is 0 Å². The lowest BCUT2D eigenvalue weighted by molar-refractivity contribution is 0.552. The fraction of sp³-hybridized carbons (Fsp3) is 0.538. The van der Waals surface area contributed by atoms with Gasteiger partial charge < -0.3 is 5.32 Å². The second kappa shape index (κ2) is 7.21. The Morgan fingerprint density at radius 3 is 2.69 bits per heavy atom. The van der Waals surface area contributed by atoms with E-state index in [4.69, 9.17) is 11.6 Å². The zero-order chi connectivity index (χ0) is 12.0. The molecule has 0 aliphatic heterocycles. The number of hydrogen-bond donors (Lipinski definition) is 1. The summed E-state index contributed by atoms with van der Waals surface area (Å²) in [6, 6.07) is 6.32. The normalized spacial score (nSPS) is 11.1. The molecule has 0 saturated carbocycles. The Hall–Kier alpha value is -0.180. The lowest BCUT2D eigenvalue weighted by Crippen LogP contribution is -2.19. The van der Waals surface area contributed by atoms with Crippen LogP contribution in [0, 0.1) is 5.92 Å². The molecule has 90 valence electrons. The van der Waals surface area contributed by atoms with Gasteiger partial charge >= 0.3 is 0 Å². The highest BCUT2D eigenvalue weighted by Gasteiger charge is 2.02.